The normalized spacial score (nSPS) is 18.3. The van der Waals surface area contributed by atoms with Crippen molar-refractivity contribution in [2.75, 3.05) is 33.9 Å². The Labute approximate surface area is 206 Å². The summed E-state index contributed by atoms with van der Waals surface area (Å²) in [4.78, 5) is 17.0. The SMILES string of the molecule is CCCn1nnc(-c2ccc(C(=O)NC3CCN(C)CC3c3ccc(OC)c(OCC)c3)cc2)n1. The highest BCUT2D eigenvalue weighted by Gasteiger charge is 2.31. The molecule has 1 fully saturated rings. The fraction of sp³-hybridized carbons (Fsp3) is 0.462. The number of carbonyl (C=O) groups is 1. The highest BCUT2D eigenvalue weighted by molar-refractivity contribution is 5.94. The van der Waals surface area contributed by atoms with E-state index in [1.54, 1.807) is 11.9 Å². The van der Waals surface area contributed by atoms with Crippen LogP contribution in [0.25, 0.3) is 11.4 Å². The van der Waals surface area contributed by atoms with E-state index in [9.17, 15) is 4.79 Å². The summed E-state index contributed by atoms with van der Waals surface area (Å²) in [6.45, 7) is 7.08. The average Bonchev–Trinajstić information content (AvgIpc) is 3.34. The molecular weight excluding hydrogens is 444 g/mol. The Kier molecular flexibility index (Phi) is 7.97. The van der Waals surface area contributed by atoms with E-state index in [-0.39, 0.29) is 17.9 Å². The maximum atomic E-state index is 13.2. The lowest BCUT2D eigenvalue weighted by Gasteiger charge is -2.37. The predicted molar refractivity (Wildman–Crippen MR) is 134 cm³/mol. The molecular formula is C26H34N6O3. The molecule has 0 saturated carbocycles. The van der Waals surface area contributed by atoms with E-state index in [0.29, 0.717) is 23.7 Å². The molecule has 9 nitrogen and oxygen atoms in total. The summed E-state index contributed by atoms with van der Waals surface area (Å²) < 4.78 is 11.2. The molecule has 1 N–H and O–H groups in total. The van der Waals surface area contributed by atoms with Crippen LogP contribution in [0.4, 0.5) is 0 Å². The molecule has 0 bridgehead atoms. The van der Waals surface area contributed by atoms with E-state index < -0.39 is 0 Å². The van der Waals surface area contributed by atoms with Gasteiger partial charge < -0.3 is 19.7 Å². The molecule has 0 spiro atoms. The Balaban J connectivity index is 1.49. The number of amides is 1. The molecule has 186 valence electrons. The van der Waals surface area contributed by atoms with Gasteiger partial charge in [0.05, 0.1) is 20.3 Å². The number of nitrogens with zero attached hydrogens (tertiary/aromatic N) is 5. The van der Waals surface area contributed by atoms with Crippen LogP contribution in [0.2, 0.25) is 0 Å². The van der Waals surface area contributed by atoms with Gasteiger partial charge in [-0.3, -0.25) is 4.79 Å². The standard InChI is InChI=1S/C26H34N6O3/c1-5-14-32-29-25(28-30-32)18-7-9-19(10-8-18)26(33)27-22-13-15-31(3)17-21(22)20-11-12-23(34-4)24(16-20)35-6-2/h7-12,16,21-22H,5-6,13-15,17H2,1-4H3,(H,27,33). The van der Waals surface area contributed by atoms with Crippen LogP contribution in [0, 0.1) is 0 Å². The van der Waals surface area contributed by atoms with Crippen molar-refractivity contribution in [1.82, 2.24) is 30.4 Å². The number of hydrogen-bond donors (Lipinski definition) is 1. The Hall–Kier alpha value is -3.46. The summed E-state index contributed by atoms with van der Waals surface area (Å²) >= 11 is 0. The number of likely N-dealkylation sites (N-methyl/N-ethyl adjacent to an activating group) is 1. The van der Waals surface area contributed by atoms with Gasteiger partial charge in [0.2, 0.25) is 5.82 Å². The number of carbonyl (C=O) groups excluding carboxylic acids is 1. The van der Waals surface area contributed by atoms with Gasteiger partial charge in [0.15, 0.2) is 11.5 Å². The second-order valence-electron chi connectivity index (χ2n) is 8.87. The minimum absolute atomic E-state index is 0.0110. The van der Waals surface area contributed by atoms with Crippen LogP contribution in [0.1, 0.15) is 48.5 Å². The number of rotatable bonds is 9. The van der Waals surface area contributed by atoms with Gasteiger partial charge in [0.1, 0.15) is 0 Å². The molecule has 9 heteroatoms. The zero-order chi connectivity index (χ0) is 24.8. The molecule has 2 heterocycles. The third-order valence-corrected chi connectivity index (χ3v) is 6.33. The number of tetrazole rings is 1. The Morgan fingerprint density at radius 1 is 1.14 bits per heavy atom. The topological polar surface area (TPSA) is 94.4 Å². The highest BCUT2D eigenvalue weighted by atomic mass is 16.5. The molecule has 3 aromatic rings. The number of methoxy groups -OCH3 is 1. The lowest BCUT2D eigenvalue weighted by molar-refractivity contribution is 0.0904. The van der Waals surface area contributed by atoms with E-state index in [1.165, 1.54) is 0 Å². The maximum Gasteiger partial charge on any atom is 0.251 e. The van der Waals surface area contributed by atoms with Gasteiger partial charge in [-0.05, 0) is 68.4 Å². The molecule has 2 atom stereocenters. The second kappa shape index (κ2) is 11.3. The van der Waals surface area contributed by atoms with Gasteiger partial charge in [-0.25, -0.2) is 0 Å². The number of ether oxygens (including phenoxy) is 2. The quantitative estimate of drug-likeness (QED) is 0.504. The van der Waals surface area contributed by atoms with E-state index in [4.69, 9.17) is 9.47 Å². The summed E-state index contributed by atoms with van der Waals surface area (Å²) in [6.07, 6.45) is 1.81. The number of likely N-dealkylation sites (tertiary alicyclic amines) is 1. The lowest BCUT2D eigenvalue weighted by Crippen LogP contribution is -2.48. The van der Waals surface area contributed by atoms with Crippen LogP contribution >= 0.6 is 0 Å². The van der Waals surface area contributed by atoms with E-state index in [0.717, 1.165) is 49.4 Å². The molecule has 35 heavy (non-hydrogen) atoms. The van der Waals surface area contributed by atoms with Gasteiger partial charge in [-0.15, -0.1) is 10.2 Å². The molecule has 1 aromatic heterocycles. The van der Waals surface area contributed by atoms with Crippen LogP contribution < -0.4 is 14.8 Å². The van der Waals surface area contributed by atoms with E-state index in [2.05, 4.69) is 45.7 Å². The van der Waals surface area contributed by atoms with Crippen molar-refractivity contribution in [1.29, 1.82) is 0 Å². The largest absolute Gasteiger partial charge is 0.493 e. The van der Waals surface area contributed by atoms with E-state index >= 15 is 0 Å². The Bertz CT molecular complexity index is 1130. The molecule has 2 aromatic carbocycles. The smallest absolute Gasteiger partial charge is 0.251 e. The van der Waals surface area contributed by atoms with E-state index in [1.807, 2.05) is 43.3 Å². The number of piperidine rings is 1. The predicted octanol–water partition coefficient (Wildman–Crippen LogP) is 3.38. The second-order valence-corrected chi connectivity index (χ2v) is 8.87. The zero-order valence-corrected chi connectivity index (χ0v) is 20.9. The molecule has 0 radical (unpaired) electrons. The fourth-order valence-electron chi connectivity index (χ4n) is 4.49. The van der Waals surface area contributed by atoms with Crippen molar-refractivity contribution >= 4 is 5.91 Å². The van der Waals surface area contributed by atoms with Crippen LogP contribution in [-0.4, -0.2) is 70.9 Å². The maximum absolute atomic E-state index is 13.2. The number of aryl methyl sites for hydroxylation is 1. The number of benzene rings is 2. The molecule has 2 unspecified atom stereocenters. The first-order valence-corrected chi connectivity index (χ1v) is 12.2. The molecule has 1 aliphatic heterocycles. The number of aromatic nitrogens is 4. The summed E-state index contributed by atoms with van der Waals surface area (Å²) in [5.41, 5.74) is 2.57. The first-order valence-electron chi connectivity index (χ1n) is 12.2. The van der Waals surface area contributed by atoms with Crippen LogP contribution in [0.3, 0.4) is 0 Å². The van der Waals surface area contributed by atoms with Gasteiger partial charge in [-0.2, -0.15) is 4.80 Å². The average molecular weight is 479 g/mol. The van der Waals surface area contributed by atoms with Gasteiger partial charge in [0.25, 0.3) is 5.91 Å². The van der Waals surface area contributed by atoms with Gasteiger partial charge in [-0.1, -0.05) is 25.1 Å². The third-order valence-electron chi connectivity index (χ3n) is 6.33. The molecule has 1 amide bonds. The van der Waals surface area contributed by atoms with Crippen LogP contribution in [0.5, 0.6) is 11.5 Å². The first-order chi connectivity index (χ1) is 17.0. The summed E-state index contributed by atoms with van der Waals surface area (Å²) in [7, 11) is 3.76. The lowest BCUT2D eigenvalue weighted by atomic mass is 9.85. The number of hydrogen-bond acceptors (Lipinski definition) is 7. The van der Waals surface area contributed by atoms with Crippen LogP contribution in [-0.2, 0) is 6.54 Å². The van der Waals surface area contributed by atoms with Crippen molar-refractivity contribution < 1.29 is 14.3 Å². The van der Waals surface area contributed by atoms with Crippen molar-refractivity contribution in [3.05, 3.63) is 53.6 Å². The van der Waals surface area contributed by atoms with Gasteiger partial charge >= 0.3 is 0 Å². The summed E-state index contributed by atoms with van der Waals surface area (Å²) in [6, 6.07) is 13.4. The van der Waals surface area contributed by atoms with Crippen molar-refractivity contribution in [3.8, 4) is 22.9 Å². The Morgan fingerprint density at radius 3 is 2.66 bits per heavy atom. The van der Waals surface area contributed by atoms with Crippen molar-refractivity contribution in [2.45, 2.75) is 45.2 Å². The first kappa shape index (κ1) is 24.7. The minimum Gasteiger partial charge on any atom is -0.493 e. The van der Waals surface area contributed by atoms with Crippen molar-refractivity contribution in [3.63, 3.8) is 0 Å². The van der Waals surface area contributed by atoms with Gasteiger partial charge in [0, 0.05) is 29.6 Å². The highest BCUT2D eigenvalue weighted by Crippen LogP contribution is 2.34. The molecule has 1 saturated heterocycles. The zero-order valence-electron chi connectivity index (χ0n) is 20.9. The van der Waals surface area contributed by atoms with Crippen molar-refractivity contribution in [2.24, 2.45) is 0 Å². The minimum atomic E-state index is -0.0859. The number of nitrogens with one attached hydrogen (secondary N) is 1. The Morgan fingerprint density at radius 2 is 1.94 bits per heavy atom. The molecule has 0 aliphatic carbocycles. The third kappa shape index (κ3) is 5.79. The molecule has 1 aliphatic rings. The monoisotopic (exact) mass is 478 g/mol. The van der Waals surface area contributed by atoms with Crippen LogP contribution in [0.15, 0.2) is 42.5 Å². The molecule has 4 rings (SSSR count). The fourth-order valence-corrected chi connectivity index (χ4v) is 4.49. The summed E-state index contributed by atoms with van der Waals surface area (Å²) in [5, 5.41) is 15.8. The summed E-state index contributed by atoms with van der Waals surface area (Å²) in [5.74, 6) is 2.05.